The van der Waals surface area contributed by atoms with Gasteiger partial charge < -0.3 is 9.29 Å². The molecule has 60 valence electrons. The van der Waals surface area contributed by atoms with Gasteiger partial charge in [0.15, 0.2) is 0 Å². The Labute approximate surface area is 66.6 Å². The number of likely N-dealkylation sites (tertiary alicyclic amines) is 1. The molecule has 3 nitrogen and oxygen atoms in total. The molecule has 1 fully saturated rings. The third kappa shape index (κ3) is 2.46. The molecule has 10 heavy (non-hydrogen) atoms. The number of aliphatic hydroxyl groups excluding tert-OH is 1. The van der Waals surface area contributed by atoms with Gasteiger partial charge in [0, 0.05) is 19.6 Å². The van der Waals surface area contributed by atoms with Crippen molar-refractivity contribution < 1.29 is 9.29 Å². The Kier molecular flexibility index (Phi) is 3.48. The van der Waals surface area contributed by atoms with Gasteiger partial charge in [-0.3, -0.25) is 4.90 Å². The maximum atomic E-state index is 8.89. The Morgan fingerprint density at radius 3 is 2.80 bits per heavy atom. The lowest BCUT2D eigenvalue weighted by Gasteiger charge is -2.35. The quantitative estimate of drug-likeness (QED) is 0.345. The molecule has 1 heterocycles. The highest BCUT2D eigenvalue weighted by Crippen LogP contribution is 2.06. The largest absolute Gasteiger partial charge is 0.390 e. The second-order valence-corrected chi connectivity index (χ2v) is 2.86. The normalized spacial score (nSPS) is 21.0. The third-order valence-electron chi connectivity index (χ3n) is 1.65. The van der Waals surface area contributed by atoms with Gasteiger partial charge in [-0.15, -0.1) is 0 Å². The first-order chi connectivity index (χ1) is 4.83. The molecule has 0 amide bonds. The summed E-state index contributed by atoms with van der Waals surface area (Å²) in [5.41, 5.74) is 0. The van der Waals surface area contributed by atoms with E-state index >= 15 is 0 Å². The van der Waals surface area contributed by atoms with Crippen LogP contribution in [0, 0.1) is 0 Å². The van der Waals surface area contributed by atoms with E-state index in [0.717, 1.165) is 26.1 Å². The molecule has 0 aliphatic carbocycles. The van der Waals surface area contributed by atoms with Crippen LogP contribution < -0.4 is 0 Å². The van der Waals surface area contributed by atoms with Crippen molar-refractivity contribution in [1.82, 2.24) is 4.90 Å². The van der Waals surface area contributed by atoms with Crippen LogP contribution in [-0.4, -0.2) is 42.4 Å². The van der Waals surface area contributed by atoms with E-state index in [4.69, 9.17) is 5.11 Å². The maximum Gasteiger partial charge on any atom is 0.0793 e. The van der Waals surface area contributed by atoms with Gasteiger partial charge in [-0.05, 0) is 19.3 Å². The maximum absolute atomic E-state index is 8.89. The van der Waals surface area contributed by atoms with Gasteiger partial charge in [-0.2, -0.15) is 0 Å². The number of hydrogen-bond donors (Lipinski definition) is 2. The highest BCUT2D eigenvalue weighted by molar-refractivity contribution is 7.75. The van der Waals surface area contributed by atoms with Gasteiger partial charge in [-0.25, -0.2) is 0 Å². The molecule has 0 bridgehead atoms. The zero-order chi connectivity index (χ0) is 7.40. The molecule has 0 atom stereocenters. The summed E-state index contributed by atoms with van der Waals surface area (Å²) in [7, 11) is 0. The monoisotopic (exact) mass is 163 g/mol. The molecule has 1 aliphatic heterocycles. The van der Waals surface area contributed by atoms with E-state index in [9.17, 15) is 0 Å². The Morgan fingerprint density at radius 1 is 1.60 bits per heavy atom. The second kappa shape index (κ2) is 4.18. The van der Waals surface area contributed by atoms with Crippen LogP contribution in [-0.2, 0) is 4.18 Å². The van der Waals surface area contributed by atoms with Crippen LogP contribution in [0.3, 0.4) is 0 Å². The first-order valence-corrected chi connectivity index (χ1v) is 3.86. The summed E-state index contributed by atoms with van der Waals surface area (Å²) >= 11 is 3.62. The van der Waals surface area contributed by atoms with Crippen molar-refractivity contribution in [2.24, 2.45) is 0 Å². The molecule has 1 rings (SSSR count). The molecular formula is C6H13NO2S. The zero-order valence-corrected chi connectivity index (χ0v) is 6.76. The number of thiol groups is 1. The van der Waals surface area contributed by atoms with E-state index in [-0.39, 0.29) is 6.10 Å². The lowest BCUT2D eigenvalue weighted by Crippen LogP contribution is -2.50. The van der Waals surface area contributed by atoms with E-state index in [1.165, 1.54) is 0 Å². The summed E-state index contributed by atoms with van der Waals surface area (Å²) in [5.74, 6) is 0. The Morgan fingerprint density at radius 2 is 2.30 bits per heavy atom. The first kappa shape index (κ1) is 8.33. The smallest absolute Gasteiger partial charge is 0.0793 e. The second-order valence-electron chi connectivity index (χ2n) is 2.60. The standard InChI is InChI=1S/C6H13NO2S/c8-6-4-7(5-6)2-1-3-9-10/h6,8,10H,1-5H2. The van der Waals surface area contributed by atoms with Crippen LogP contribution >= 0.6 is 12.9 Å². The van der Waals surface area contributed by atoms with Gasteiger partial charge in [0.2, 0.25) is 0 Å². The fraction of sp³-hybridized carbons (Fsp3) is 1.00. The van der Waals surface area contributed by atoms with E-state index in [0.29, 0.717) is 6.61 Å². The minimum atomic E-state index is -0.0862. The topological polar surface area (TPSA) is 32.7 Å². The van der Waals surface area contributed by atoms with Crippen molar-refractivity contribution in [2.75, 3.05) is 26.2 Å². The molecule has 4 heteroatoms. The number of hydrogen-bond acceptors (Lipinski definition) is 4. The van der Waals surface area contributed by atoms with Crippen molar-refractivity contribution >= 4 is 12.9 Å². The van der Waals surface area contributed by atoms with Gasteiger partial charge in [-0.1, -0.05) is 0 Å². The molecule has 0 aromatic heterocycles. The van der Waals surface area contributed by atoms with Crippen LogP contribution in [0.5, 0.6) is 0 Å². The molecule has 0 saturated carbocycles. The predicted octanol–water partition coefficient (Wildman–Crippen LogP) is -0.0856. The lowest BCUT2D eigenvalue weighted by molar-refractivity contribution is 0.000390. The molecule has 0 spiro atoms. The Bertz CT molecular complexity index is 95.7. The average molecular weight is 163 g/mol. The molecule has 0 aromatic carbocycles. The zero-order valence-electron chi connectivity index (χ0n) is 5.86. The highest BCUT2D eigenvalue weighted by Gasteiger charge is 2.22. The van der Waals surface area contributed by atoms with Crippen molar-refractivity contribution in [1.29, 1.82) is 0 Å². The summed E-state index contributed by atoms with van der Waals surface area (Å²) < 4.78 is 4.59. The Hall–Kier alpha value is 0.230. The number of rotatable bonds is 4. The minimum absolute atomic E-state index is 0.0862. The number of aliphatic hydroxyl groups is 1. The molecule has 1 N–H and O–H groups in total. The summed E-state index contributed by atoms with van der Waals surface area (Å²) in [6.45, 7) is 3.35. The van der Waals surface area contributed by atoms with Crippen molar-refractivity contribution in [3.05, 3.63) is 0 Å². The molecule has 0 radical (unpaired) electrons. The summed E-state index contributed by atoms with van der Waals surface area (Å²) in [5, 5.41) is 8.89. The molecule has 0 unspecified atom stereocenters. The van der Waals surface area contributed by atoms with Gasteiger partial charge in [0.05, 0.1) is 12.7 Å². The number of nitrogens with zero attached hydrogens (tertiary/aromatic N) is 1. The van der Waals surface area contributed by atoms with E-state index in [2.05, 4.69) is 22.0 Å². The van der Waals surface area contributed by atoms with Crippen LogP contribution in [0.1, 0.15) is 6.42 Å². The highest BCUT2D eigenvalue weighted by atomic mass is 32.1. The third-order valence-corrected chi connectivity index (χ3v) is 1.83. The van der Waals surface area contributed by atoms with Crippen molar-refractivity contribution in [3.63, 3.8) is 0 Å². The summed E-state index contributed by atoms with van der Waals surface area (Å²) in [6, 6.07) is 0. The van der Waals surface area contributed by atoms with Gasteiger partial charge in [0.25, 0.3) is 0 Å². The average Bonchev–Trinajstić information content (AvgIpc) is 1.85. The van der Waals surface area contributed by atoms with E-state index < -0.39 is 0 Å². The SMILES string of the molecule is OC1CN(CCCOS)C1. The van der Waals surface area contributed by atoms with Crippen molar-refractivity contribution in [2.45, 2.75) is 12.5 Å². The number of β-amino-alcohol motifs (C(OH)–C–C–N with tert-alkyl or cyclic N) is 1. The Balaban J connectivity index is 1.86. The van der Waals surface area contributed by atoms with Crippen LogP contribution in [0.15, 0.2) is 0 Å². The lowest BCUT2D eigenvalue weighted by atomic mass is 10.1. The van der Waals surface area contributed by atoms with E-state index in [1.807, 2.05) is 0 Å². The fourth-order valence-electron chi connectivity index (χ4n) is 1.08. The fourth-order valence-corrected chi connectivity index (χ4v) is 1.21. The predicted molar refractivity (Wildman–Crippen MR) is 42.0 cm³/mol. The van der Waals surface area contributed by atoms with Gasteiger partial charge in [0.1, 0.15) is 0 Å². The molecule has 1 aliphatic rings. The summed E-state index contributed by atoms with van der Waals surface area (Å²) in [4.78, 5) is 2.19. The molecule has 0 aromatic rings. The van der Waals surface area contributed by atoms with Gasteiger partial charge >= 0.3 is 0 Å². The van der Waals surface area contributed by atoms with E-state index in [1.54, 1.807) is 0 Å². The molecular weight excluding hydrogens is 150 g/mol. The van der Waals surface area contributed by atoms with Crippen LogP contribution in [0.4, 0.5) is 0 Å². The van der Waals surface area contributed by atoms with Crippen molar-refractivity contribution in [3.8, 4) is 0 Å². The van der Waals surface area contributed by atoms with Crippen LogP contribution in [0.25, 0.3) is 0 Å². The summed E-state index contributed by atoms with van der Waals surface area (Å²) in [6.07, 6.45) is 0.910. The van der Waals surface area contributed by atoms with Crippen LogP contribution in [0.2, 0.25) is 0 Å². The minimum Gasteiger partial charge on any atom is -0.390 e. The first-order valence-electron chi connectivity index (χ1n) is 3.49. The molecule has 1 saturated heterocycles.